The van der Waals surface area contributed by atoms with Crippen molar-refractivity contribution in [1.82, 2.24) is 0 Å². The summed E-state index contributed by atoms with van der Waals surface area (Å²) in [4.78, 5) is 33.6. The first kappa shape index (κ1) is 50.3. The molecule has 0 aliphatic carbocycles. The van der Waals surface area contributed by atoms with E-state index in [0.717, 1.165) is 15.0 Å². The summed E-state index contributed by atoms with van der Waals surface area (Å²) in [5.41, 5.74) is -2.37. The van der Waals surface area contributed by atoms with Gasteiger partial charge < -0.3 is 113 Å². The maximum Gasteiger partial charge on any atom is 0.329 e. The van der Waals surface area contributed by atoms with Crippen LogP contribution in [0, 0.1) is 5.92 Å². The SMILES string of the molecule is B[C@@]1(O[C@@H]2C(CO)O[C@@H](O[C@H]3C(O)C(O)C(OC)O[C@H]3COCC(=O)O)C(OCC(=O)O)[C@H]2O)O[C@@H](CO)[C@@H](C[C@@H]2OC(COCC(=O)O)[C@@H](OC)[C@H](O)C2O)C(O)C1O. The molecule has 0 aromatic heterocycles. The molecule has 12 N–H and O–H groups in total. The first-order valence-corrected chi connectivity index (χ1v) is 18.8. The van der Waals surface area contributed by atoms with Gasteiger partial charge in [-0.3, -0.25) is 0 Å². The van der Waals surface area contributed by atoms with Gasteiger partial charge in [-0.05, 0) is 6.42 Å². The van der Waals surface area contributed by atoms with Crippen LogP contribution in [0.5, 0.6) is 0 Å². The van der Waals surface area contributed by atoms with Gasteiger partial charge >= 0.3 is 17.9 Å². The number of methoxy groups -OCH3 is 2. The zero-order chi connectivity index (χ0) is 44.6. The van der Waals surface area contributed by atoms with Gasteiger partial charge in [-0.15, -0.1) is 0 Å². The summed E-state index contributed by atoms with van der Waals surface area (Å²) in [6, 6.07) is 0. The summed E-state index contributed by atoms with van der Waals surface area (Å²) in [5, 5.41) is 126. The van der Waals surface area contributed by atoms with E-state index in [1.807, 2.05) is 0 Å². The molecule has 4 aliphatic rings. The van der Waals surface area contributed by atoms with E-state index in [2.05, 4.69) is 0 Å². The number of aliphatic hydroxyl groups is 9. The molecule has 26 nitrogen and oxygen atoms in total. The zero-order valence-electron chi connectivity index (χ0n) is 32.7. The van der Waals surface area contributed by atoms with Crippen LogP contribution in [0.4, 0.5) is 0 Å². The molecule has 4 saturated heterocycles. The van der Waals surface area contributed by atoms with Gasteiger partial charge in [0.2, 0.25) is 0 Å². The zero-order valence-corrected chi connectivity index (χ0v) is 32.7. The minimum Gasteiger partial charge on any atom is -0.480 e. The Labute approximate surface area is 342 Å². The van der Waals surface area contributed by atoms with Crippen LogP contribution < -0.4 is 0 Å². The number of aliphatic hydroxyl groups excluding tert-OH is 9. The quantitative estimate of drug-likeness (QED) is 0.0476. The number of aliphatic carboxylic acids is 3. The molecule has 4 fully saturated rings. The molecule has 0 radical (unpaired) electrons. The van der Waals surface area contributed by atoms with Gasteiger partial charge in [0.1, 0.15) is 99.2 Å². The van der Waals surface area contributed by atoms with Crippen molar-refractivity contribution in [3.63, 3.8) is 0 Å². The van der Waals surface area contributed by atoms with Crippen molar-refractivity contribution in [3.05, 3.63) is 0 Å². The number of carboxylic acid groups (broad SMARTS) is 3. The Morgan fingerprint density at radius 3 is 1.67 bits per heavy atom. The lowest BCUT2D eigenvalue weighted by Crippen LogP contribution is -2.70. The highest BCUT2D eigenvalue weighted by molar-refractivity contribution is 6.14. The Bertz CT molecular complexity index is 1380. The first-order chi connectivity index (χ1) is 28.3. The smallest absolute Gasteiger partial charge is 0.329 e. The summed E-state index contributed by atoms with van der Waals surface area (Å²) in [6.07, 6.45) is -30.0. The minimum absolute atomic E-state index is 0.388. The molecule has 4 aliphatic heterocycles. The Hall–Kier alpha value is -2.33. The average Bonchev–Trinajstić information content (AvgIpc) is 3.19. The number of hydrogen-bond donors (Lipinski definition) is 12. The highest BCUT2D eigenvalue weighted by Crippen LogP contribution is 2.40. The van der Waals surface area contributed by atoms with E-state index in [1.54, 1.807) is 0 Å². The highest BCUT2D eigenvalue weighted by atomic mass is 16.8. The fraction of sp³-hybridized carbons (Fsp3) is 0.909. The molecule has 4 heterocycles. The fourth-order valence-corrected chi connectivity index (χ4v) is 7.68. The van der Waals surface area contributed by atoms with Crippen molar-refractivity contribution in [2.75, 3.05) is 60.5 Å². The van der Waals surface area contributed by atoms with Crippen LogP contribution >= 0.6 is 0 Å². The minimum atomic E-state index is -2.37. The average molecular weight is 879 g/mol. The number of carbonyl (C=O) groups is 3. The van der Waals surface area contributed by atoms with Gasteiger partial charge in [0.05, 0.1) is 44.7 Å². The van der Waals surface area contributed by atoms with Gasteiger partial charge in [-0.1, -0.05) is 0 Å². The third kappa shape index (κ3) is 11.8. The van der Waals surface area contributed by atoms with Crippen molar-refractivity contribution >= 4 is 25.8 Å². The second-order valence-corrected chi connectivity index (χ2v) is 14.7. The van der Waals surface area contributed by atoms with Gasteiger partial charge in [0.15, 0.2) is 26.1 Å². The predicted octanol–water partition coefficient (Wildman–Crippen LogP) is -8.49. The lowest BCUT2D eigenvalue weighted by Gasteiger charge is -2.53. The molecule has 20 atom stereocenters. The summed E-state index contributed by atoms with van der Waals surface area (Å²) < 4.78 is 61.1. The Morgan fingerprint density at radius 2 is 1.13 bits per heavy atom. The topological polar surface area (TPSA) is 396 Å². The van der Waals surface area contributed by atoms with Crippen LogP contribution in [-0.4, -0.2) is 263 Å². The molecule has 346 valence electrons. The number of carboxylic acids is 3. The van der Waals surface area contributed by atoms with E-state index in [-0.39, 0.29) is 13.0 Å². The molecule has 0 aromatic rings. The fourth-order valence-electron chi connectivity index (χ4n) is 7.68. The summed E-state index contributed by atoms with van der Waals surface area (Å²) in [6.45, 7) is -5.38. The Kier molecular flexibility index (Phi) is 18.7. The molecule has 0 aromatic carbocycles. The molecule has 9 unspecified atom stereocenters. The lowest BCUT2D eigenvalue weighted by atomic mass is 9.74. The normalized spacial score (nSPS) is 43.7. The molecule has 0 spiro atoms. The van der Waals surface area contributed by atoms with E-state index < -0.39 is 179 Å². The molecule has 0 saturated carbocycles. The van der Waals surface area contributed by atoms with Crippen molar-refractivity contribution < 1.29 is 128 Å². The third-order valence-corrected chi connectivity index (χ3v) is 10.6. The lowest BCUT2D eigenvalue weighted by molar-refractivity contribution is -0.390. The Balaban J connectivity index is 1.55. The molecule has 4 rings (SSSR count). The van der Waals surface area contributed by atoms with E-state index >= 15 is 0 Å². The van der Waals surface area contributed by atoms with E-state index in [1.165, 1.54) is 7.11 Å². The van der Waals surface area contributed by atoms with E-state index in [0.29, 0.717) is 0 Å². The molecule has 27 heteroatoms. The maximum atomic E-state index is 11.7. The van der Waals surface area contributed by atoms with Gasteiger partial charge in [-0.2, -0.15) is 0 Å². The number of rotatable bonds is 21. The third-order valence-electron chi connectivity index (χ3n) is 10.6. The van der Waals surface area contributed by atoms with Gasteiger partial charge in [0, 0.05) is 20.1 Å². The second-order valence-electron chi connectivity index (χ2n) is 14.7. The molecule has 0 amide bonds. The van der Waals surface area contributed by atoms with Gasteiger partial charge in [0.25, 0.3) is 0 Å². The van der Waals surface area contributed by atoms with Crippen LogP contribution in [0.15, 0.2) is 0 Å². The molecular weight excluding hydrogens is 823 g/mol. The van der Waals surface area contributed by atoms with Crippen molar-refractivity contribution in [3.8, 4) is 0 Å². The molecule has 60 heavy (non-hydrogen) atoms. The van der Waals surface area contributed by atoms with Crippen LogP contribution in [0.2, 0.25) is 0 Å². The summed E-state index contributed by atoms with van der Waals surface area (Å²) in [5.74, 6) is -5.43. The van der Waals surface area contributed by atoms with Crippen LogP contribution in [0.25, 0.3) is 0 Å². The summed E-state index contributed by atoms with van der Waals surface area (Å²) >= 11 is 0. The highest BCUT2D eigenvalue weighted by Gasteiger charge is 2.58. The second kappa shape index (κ2) is 22.3. The number of ether oxygens (including phenoxy) is 11. The number of hydrogen-bond acceptors (Lipinski definition) is 23. The predicted molar refractivity (Wildman–Crippen MR) is 188 cm³/mol. The van der Waals surface area contributed by atoms with Crippen molar-refractivity contribution in [2.24, 2.45) is 5.92 Å². The molecule has 0 bridgehead atoms. The standard InChI is InChI=1S/C33H55BO26/c1-50-26-15(6-52-8-17(37)38)55-12(21(44)22(26)45)3-11-13(4-35)59-33(34,30(49)20(11)43)60-28-14(5-36)56-32(29(25(28)48)54-10-19(41)42)58-27-16(7-53-9-18(39)40)57-31(51-2)24(47)23(27)46/h11-16,20-32,35-36,43-49H,3-10,34H2,1-2H3,(H,37,38)(H,39,40)(H,41,42)/t11-,12+,13+,14?,15?,16+,20?,21?,22-,23?,24?,25+,26-,27-,28-,29?,30?,31?,32+,33-/m1/s1. The Morgan fingerprint density at radius 1 is 0.583 bits per heavy atom. The van der Waals surface area contributed by atoms with Crippen LogP contribution in [-0.2, 0) is 66.5 Å². The van der Waals surface area contributed by atoms with E-state index in [4.69, 9.17) is 62.3 Å². The maximum absolute atomic E-state index is 11.7. The van der Waals surface area contributed by atoms with Crippen molar-refractivity contribution in [1.29, 1.82) is 0 Å². The summed E-state index contributed by atoms with van der Waals surface area (Å²) in [7, 11) is 3.47. The van der Waals surface area contributed by atoms with Crippen LogP contribution in [0.3, 0.4) is 0 Å². The van der Waals surface area contributed by atoms with Crippen molar-refractivity contribution in [2.45, 2.75) is 122 Å². The molecular formula is C33H55BO26. The van der Waals surface area contributed by atoms with E-state index in [9.17, 15) is 65.4 Å². The monoisotopic (exact) mass is 878 g/mol. The first-order valence-electron chi connectivity index (χ1n) is 18.8. The van der Waals surface area contributed by atoms with Gasteiger partial charge in [-0.25, -0.2) is 14.4 Å². The largest absolute Gasteiger partial charge is 0.480 e. The van der Waals surface area contributed by atoms with Crippen LogP contribution in [0.1, 0.15) is 6.42 Å².